The molecule has 7 nitrogen and oxygen atoms in total. The fraction of sp³-hybridized carbons (Fsp3) is 0.458. The van der Waals surface area contributed by atoms with Gasteiger partial charge in [0.25, 0.3) is 0 Å². The number of ketones is 1. The van der Waals surface area contributed by atoms with Gasteiger partial charge in [0.2, 0.25) is 10.0 Å². The van der Waals surface area contributed by atoms with E-state index in [1.165, 1.54) is 38.2 Å². The van der Waals surface area contributed by atoms with Crippen LogP contribution >= 0.6 is 0 Å². The number of hydrogen-bond donors (Lipinski definition) is 0. The summed E-state index contributed by atoms with van der Waals surface area (Å²) < 4.78 is 38.4. The van der Waals surface area contributed by atoms with Crippen LogP contribution in [-0.4, -0.2) is 80.7 Å². The Labute approximate surface area is 199 Å². The fourth-order valence-electron chi connectivity index (χ4n) is 3.95. The molecular weight excluding hydrogens is 458 g/mol. The van der Waals surface area contributed by atoms with E-state index in [-0.39, 0.29) is 15.6 Å². The first-order chi connectivity index (χ1) is 15.7. The number of hydrogen-bond acceptors (Lipinski definition) is 6. The van der Waals surface area contributed by atoms with Crippen molar-refractivity contribution in [1.29, 1.82) is 0 Å². The number of nitrogens with zero attached hydrogens (tertiary/aromatic N) is 3. The minimum atomic E-state index is -3.80. The second-order valence-corrected chi connectivity index (χ2v) is 11.9. The molecule has 1 aliphatic rings. The second kappa shape index (κ2) is 11.4. The van der Waals surface area contributed by atoms with Gasteiger partial charge in [0.15, 0.2) is 5.78 Å². The number of benzene rings is 2. The third kappa shape index (κ3) is 6.50. The average Bonchev–Trinajstić information content (AvgIpc) is 2.82. The van der Waals surface area contributed by atoms with Crippen LogP contribution < -0.4 is 4.90 Å². The zero-order chi connectivity index (χ0) is 24.0. The Morgan fingerprint density at radius 2 is 1.67 bits per heavy atom. The van der Waals surface area contributed by atoms with E-state index in [0.29, 0.717) is 12.0 Å². The first kappa shape index (κ1) is 25.6. The zero-order valence-corrected chi connectivity index (χ0v) is 21.2. The topological polar surface area (TPSA) is 78.0 Å². The summed E-state index contributed by atoms with van der Waals surface area (Å²) in [6.07, 6.45) is 3.46. The maximum absolute atomic E-state index is 12.7. The predicted molar refractivity (Wildman–Crippen MR) is 133 cm³/mol. The van der Waals surface area contributed by atoms with Crippen molar-refractivity contribution < 1.29 is 17.4 Å². The molecule has 0 amide bonds. The summed E-state index contributed by atoms with van der Waals surface area (Å²) in [5.74, 6) is -0.0902. The molecule has 0 spiro atoms. The lowest BCUT2D eigenvalue weighted by Crippen LogP contribution is -2.46. The van der Waals surface area contributed by atoms with E-state index in [4.69, 9.17) is 0 Å². The molecule has 2 aromatic rings. The van der Waals surface area contributed by atoms with Gasteiger partial charge < -0.3 is 4.90 Å². The maximum Gasteiger partial charge on any atom is 0.243 e. The van der Waals surface area contributed by atoms with E-state index in [2.05, 4.69) is 34.1 Å². The van der Waals surface area contributed by atoms with E-state index >= 15 is 0 Å². The molecule has 0 bridgehead atoms. The minimum absolute atomic E-state index is 0.0597. The predicted octanol–water partition coefficient (Wildman–Crippen LogP) is 2.85. The van der Waals surface area contributed by atoms with Crippen molar-refractivity contribution in [3.63, 3.8) is 0 Å². The highest BCUT2D eigenvalue weighted by molar-refractivity contribution is 7.90. The van der Waals surface area contributed by atoms with Crippen molar-refractivity contribution in [2.24, 2.45) is 0 Å². The number of anilines is 1. The van der Waals surface area contributed by atoms with Gasteiger partial charge in [0.1, 0.15) is 0 Å². The van der Waals surface area contributed by atoms with Gasteiger partial charge in [-0.2, -0.15) is 0 Å². The van der Waals surface area contributed by atoms with Gasteiger partial charge in [0, 0.05) is 64.2 Å². The summed E-state index contributed by atoms with van der Waals surface area (Å²) in [7, 11) is -2.43. The van der Waals surface area contributed by atoms with Crippen LogP contribution in [0.5, 0.6) is 0 Å². The molecule has 0 aromatic heterocycles. The Kier molecular flexibility index (Phi) is 8.81. The normalized spacial score (nSPS) is 16.2. The number of carbonyl (C=O) groups is 1. The molecule has 180 valence electrons. The molecule has 1 heterocycles. The first-order valence-electron chi connectivity index (χ1n) is 11.2. The van der Waals surface area contributed by atoms with Crippen molar-refractivity contribution in [2.75, 3.05) is 58.0 Å². The monoisotopic (exact) mass is 491 g/mol. The standard InChI is InChI=1S/C24H33N3O4S2/c1-25(2)33(30,31)24-19-20(12-13-23(24)32(3)29)22(28)11-7-8-14-26-15-17-27(18-16-26)21-9-5-4-6-10-21/h4-6,9-10,12-13,19H,7-8,11,14-18H2,1-3H3. The second-order valence-electron chi connectivity index (χ2n) is 8.45. The molecule has 0 N–H and O–H groups in total. The number of para-hydroxylation sites is 1. The number of piperazine rings is 1. The molecule has 33 heavy (non-hydrogen) atoms. The molecule has 0 aliphatic carbocycles. The van der Waals surface area contributed by atoms with Crippen LogP contribution in [0.3, 0.4) is 0 Å². The highest BCUT2D eigenvalue weighted by Gasteiger charge is 2.24. The lowest BCUT2D eigenvalue weighted by atomic mass is 10.1. The fourth-order valence-corrected chi connectivity index (χ4v) is 6.21. The Hall–Kier alpha value is -2.07. The van der Waals surface area contributed by atoms with Crippen LogP contribution in [0.1, 0.15) is 29.6 Å². The first-order valence-corrected chi connectivity index (χ1v) is 14.2. The number of sulfonamides is 1. The van der Waals surface area contributed by atoms with E-state index < -0.39 is 20.8 Å². The van der Waals surface area contributed by atoms with Gasteiger partial charge in [-0.1, -0.05) is 24.3 Å². The molecule has 1 aliphatic heterocycles. The SMILES string of the molecule is CN(C)S(=O)(=O)c1cc(C(=O)CCCCN2CCN(c3ccccc3)CC2)ccc1S(C)=O. The van der Waals surface area contributed by atoms with E-state index in [1.54, 1.807) is 6.07 Å². The largest absolute Gasteiger partial charge is 0.369 e. The number of Topliss-reactive ketones (excluding diaryl/α,β-unsaturated/α-hetero) is 1. The number of unbranched alkanes of at least 4 members (excludes halogenated alkanes) is 1. The molecular formula is C24H33N3O4S2. The van der Waals surface area contributed by atoms with Crippen molar-refractivity contribution in [2.45, 2.75) is 29.1 Å². The van der Waals surface area contributed by atoms with Crippen LogP contribution in [0.2, 0.25) is 0 Å². The average molecular weight is 492 g/mol. The summed E-state index contributed by atoms with van der Waals surface area (Å²) >= 11 is 0. The van der Waals surface area contributed by atoms with Crippen LogP contribution in [0.4, 0.5) is 5.69 Å². The third-order valence-electron chi connectivity index (χ3n) is 5.96. The molecule has 2 aromatic carbocycles. The van der Waals surface area contributed by atoms with Gasteiger partial charge in [-0.05, 0) is 43.7 Å². The summed E-state index contributed by atoms with van der Waals surface area (Å²) in [5.41, 5.74) is 1.61. The summed E-state index contributed by atoms with van der Waals surface area (Å²) in [5, 5.41) is 0. The van der Waals surface area contributed by atoms with E-state index in [0.717, 1.165) is 49.9 Å². The molecule has 1 fully saturated rings. The highest BCUT2D eigenvalue weighted by Crippen LogP contribution is 2.24. The van der Waals surface area contributed by atoms with Crippen molar-refractivity contribution in [3.8, 4) is 0 Å². The number of carbonyl (C=O) groups excluding carboxylic acids is 1. The Bertz CT molecular complexity index is 1080. The van der Waals surface area contributed by atoms with Crippen molar-refractivity contribution in [1.82, 2.24) is 9.21 Å². The lowest BCUT2D eigenvalue weighted by Gasteiger charge is -2.36. The smallest absolute Gasteiger partial charge is 0.243 e. The minimum Gasteiger partial charge on any atom is -0.369 e. The summed E-state index contributed by atoms with van der Waals surface area (Å²) in [4.78, 5) is 17.7. The highest BCUT2D eigenvalue weighted by atomic mass is 32.2. The summed E-state index contributed by atoms with van der Waals surface area (Å²) in [6.45, 7) is 4.95. The third-order valence-corrected chi connectivity index (χ3v) is 8.92. The van der Waals surface area contributed by atoms with Gasteiger partial charge in [-0.15, -0.1) is 0 Å². The molecule has 9 heteroatoms. The van der Waals surface area contributed by atoms with Gasteiger partial charge >= 0.3 is 0 Å². The Morgan fingerprint density at radius 3 is 2.27 bits per heavy atom. The molecule has 3 rings (SSSR count). The summed E-state index contributed by atoms with van der Waals surface area (Å²) in [6, 6.07) is 14.9. The van der Waals surface area contributed by atoms with E-state index in [1.807, 2.05) is 6.07 Å². The molecule has 1 unspecified atom stereocenters. The van der Waals surface area contributed by atoms with Crippen molar-refractivity contribution >= 4 is 32.3 Å². The van der Waals surface area contributed by atoms with Gasteiger partial charge in [-0.25, -0.2) is 12.7 Å². The number of rotatable bonds is 10. The van der Waals surface area contributed by atoms with E-state index in [9.17, 15) is 17.4 Å². The molecule has 1 atom stereocenters. The molecule has 1 saturated heterocycles. The van der Waals surface area contributed by atoms with Crippen molar-refractivity contribution in [3.05, 3.63) is 54.1 Å². The van der Waals surface area contributed by atoms with Crippen LogP contribution in [-0.2, 0) is 20.8 Å². The Balaban J connectivity index is 1.51. The van der Waals surface area contributed by atoms with Crippen LogP contribution in [0, 0.1) is 0 Å². The van der Waals surface area contributed by atoms with Crippen LogP contribution in [0.15, 0.2) is 58.3 Å². The molecule has 0 saturated carbocycles. The quantitative estimate of drug-likeness (QED) is 0.376. The van der Waals surface area contributed by atoms with Gasteiger partial charge in [-0.3, -0.25) is 13.9 Å². The molecule has 0 radical (unpaired) electrons. The van der Waals surface area contributed by atoms with Gasteiger partial charge in [0.05, 0.1) is 20.6 Å². The maximum atomic E-state index is 12.7. The Morgan fingerprint density at radius 1 is 1.00 bits per heavy atom. The van der Waals surface area contributed by atoms with Crippen LogP contribution in [0.25, 0.3) is 0 Å². The zero-order valence-electron chi connectivity index (χ0n) is 19.6. The lowest BCUT2D eigenvalue weighted by molar-refractivity contribution is 0.0977.